The first-order chi connectivity index (χ1) is 10.5. The minimum Gasteiger partial charge on any atom is -0.465 e. The van der Waals surface area contributed by atoms with Gasteiger partial charge in [0.25, 0.3) is 0 Å². The van der Waals surface area contributed by atoms with Gasteiger partial charge >= 0.3 is 6.09 Å². The number of nitrogens with zero attached hydrogens (tertiary/aromatic N) is 2. The molecule has 0 aliphatic rings. The maximum absolute atomic E-state index is 11.9. The molecule has 23 heavy (non-hydrogen) atoms. The van der Waals surface area contributed by atoms with E-state index in [0.29, 0.717) is 12.8 Å². The van der Waals surface area contributed by atoms with Gasteiger partial charge in [0.15, 0.2) is 0 Å². The summed E-state index contributed by atoms with van der Waals surface area (Å²) in [5.41, 5.74) is 1.45. The Morgan fingerprint density at radius 2 is 1.83 bits per heavy atom. The van der Waals surface area contributed by atoms with E-state index in [1.807, 2.05) is 52.0 Å². The molecule has 128 valence electrons. The summed E-state index contributed by atoms with van der Waals surface area (Å²) < 4.78 is 0. The van der Waals surface area contributed by atoms with Gasteiger partial charge in [-0.1, -0.05) is 29.8 Å². The molecule has 0 saturated heterocycles. The lowest BCUT2D eigenvalue weighted by atomic mass is 9.94. The Balaban J connectivity index is 3.19. The fourth-order valence-corrected chi connectivity index (χ4v) is 2.69. The van der Waals surface area contributed by atoms with Crippen LogP contribution in [-0.2, 0) is 4.79 Å². The molecule has 1 N–H and O–H groups in total. The van der Waals surface area contributed by atoms with Crippen LogP contribution in [0.25, 0.3) is 0 Å². The first-order valence-corrected chi connectivity index (χ1v) is 7.83. The van der Waals surface area contributed by atoms with Crippen molar-refractivity contribution in [1.82, 2.24) is 9.80 Å². The zero-order valence-corrected chi connectivity index (χ0v) is 15.0. The topological polar surface area (TPSA) is 60.9 Å². The van der Waals surface area contributed by atoms with Gasteiger partial charge in [-0.05, 0) is 39.7 Å². The maximum Gasteiger partial charge on any atom is 0.408 e. The van der Waals surface area contributed by atoms with Gasteiger partial charge in [0.05, 0.1) is 6.04 Å². The van der Waals surface area contributed by atoms with Crippen LogP contribution in [0.2, 0.25) is 0 Å². The lowest BCUT2D eigenvalue weighted by Crippen LogP contribution is -2.47. The van der Waals surface area contributed by atoms with E-state index >= 15 is 0 Å². The Morgan fingerprint density at radius 3 is 2.26 bits per heavy atom. The number of amides is 2. The first-order valence-electron chi connectivity index (χ1n) is 7.83. The number of carboxylic acid groups (broad SMARTS) is 1. The summed E-state index contributed by atoms with van der Waals surface area (Å²) in [6.45, 7) is 7.60. The highest BCUT2D eigenvalue weighted by Gasteiger charge is 2.34. The van der Waals surface area contributed by atoms with Crippen LogP contribution in [0, 0.1) is 6.92 Å². The molecule has 1 aromatic carbocycles. The van der Waals surface area contributed by atoms with Crippen molar-refractivity contribution in [3.63, 3.8) is 0 Å². The number of carbonyl (C=O) groups is 2. The SMILES string of the molecule is Cc1cccc(C(CCC(=O)N(C)C)N(C(=O)O)C(C)(C)C)c1. The lowest BCUT2D eigenvalue weighted by Gasteiger charge is -2.40. The van der Waals surface area contributed by atoms with Gasteiger partial charge in [0.1, 0.15) is 0 Å². The smallest absolute Gasteiger partial charge is 0.408 e. The summed E-state index contributed by atoms with van der Waals surface area (Å²) in [5.74, 6) is 0.00176. The summed E-state index contributed by atoms with van der Waals surface area (Å²) >= 11 is 0. The van der Waals surface area contributed by atoms with E-state index in [1.54, 1.807) is 14.1 Å². The molecular weight excluding hydrogens is 292 g/mol. The molecular formula is C18H28N2O3. The highest BCUT2D eigenvalue weighted by molar-refractivity contribution is 5.75. The minimum absolute atomic E-state index is 0.00176. The zero-order chi connectivity index (χ0) is 17.8. The standard InChI is InChI=1S/C18H28N2O3/c1-13-8-7-9-14(12-13)15(10-11-16(21)19(5)6)20(17(22)23)18(2,3)4/h7-9,12,15H,10-11H2,1-6H3,(H,22,23). The molecule has 1 unspecified atom stereocenters. The van der Waals surface area contributed by atoms with Crippen LogP contribution < -0.4 is 0 Å². The van der Waals surface area contributed by atoms with E-state index in [2.05, 4.69) is 0 Å². The van der Waals surface area contributed by atoms with Crippen LogP contribution in [0.5, 0.6) is 0 Å². The van der Waals surface area contributed by atoms with Crippen LogP contribution in [0.1, 0.15) is 50.8 Å². The number of aryl methyl sites for hydroxylation is 1. The molecule has 1 atom stereocenters. The van der Waals surface area contributed by atoms with Crippen molar-refractivity contribution >= 4 is 12.0 Å². The van der Waals surface area contributed by atoms with E-state index in [4.69, 9.17) is 0 Å². The Hall–Kier alpha value is -2.04. The monoisotopic (exact) mass is 320 g/mol. The Labute approximate surface area is 138 Å². The molecule has 1 aromatic rings. The number of hydrogen-bond acceptors (Lipinski definition) is 2. The molecule has 0 bridgehead atoms. The second kappa shape index (κ2) is 7.49. The average Bonchev–Trinajstić information content (AvgIpc) is 2.40. The molecule has 0 aliphatic heterocycles. The summed E-state index contributed by atoms with van der Waals surface area (Å²) in [7, 11) is 3.42. The Kier molecular flexibility index (Phi) is 6.19. The number of benzene rings is 1. The lowest BCUT2D eigenvalue weighted by molar-refractivity contribution is -0.129. The van der Waals surface area contributed by atoms with Crippen molar-refractivity contribution in [2.45, 2.75) is 52.1 Å². The number of rotatable bonds is 5. The van der Waals surface area contributed by atoms with Crippen LogP contribution in [0.15, 0.2) is 24.3 Å². The molecule has 0 aromatic heterocycles. The van der Waals surface area contributed by atoms with Gasteiger partial charge in [-0.25, -0.2) is 4.79 Å². The molecule has 1 rings (SSSR count). The quantitative estimate of drug-likeness (QED) is 0.900. The third-order valence-corrected chi connectivity index (χ3v) is 3.80. The van der Waals surface area contributed by atoms with Crippen molar-refractivity contribution in [2.24, 2.45) is 0 Å². The van der Waals surface area contributed by atoms with Crippen LogP contribution in [0.4, 0.5) is 4.79 Å². The summed E-state index contributed by atoms with van der Waals surface area (Å²) in [5, 5.41) is 9.71. The molecule has 2 amide bonds. The molecule has 0 heterocycles. The van der Waals surface area contributed by atoms with E-state index in [0.717, 1.165) is 11.1 Å². The Bertz CT molecular complexity index is 562. The van der Waals surface area contributed by atoms with Crippen molar-refractivity contribution in [3.05, 3.63) is 35.4 Å². The molecule has 0 saturated carbocycles. The number of hydrogen-bond donors (Lipinski definition) is 1. The highest BCUT2D eigenvalue weighted by atomic mass is 16.4. The predicted octanol–water partition coefficient (Wildman–Crippen LogP) is 3.68. The van der Waals surface area contributed by atoms with E-state index in [1.165, 1.54) is 9.80 Å². The minimum atomic E-state index is -0.971. The predicted molar refractivity (Wildman–Crippen MR) is 91.5 cm³/mol. The number of carbonyl (C=O) groups excluding carboxylic acids is 1. The largest absolute Gasteiger partial charge is 0.465 e. The molecule has 0 aliphatic carbocycles. The first kappa shape index (κ1) is 19.0. The van der Waals surface area contributed by atoms with Gasteiger partial charge in [-0.15, -0.1) is 0 Å². The third kappa shape index (κ3) is 5.27. The second-order valence-corrected chi connectivity index (χ2v) is 7.08. The highest BCUT2D eigenvalue weighted by Crippen LogP contribution is 2.32. The van der Waals surface area contributed by atoms with Crippen molar-refractivity contribution < 1.29 is 14.7 Å². The van der Waals surface area contributed by atoms with Crippen molar-refractivity contribution in [3.8, 4) is 0 Å². The van der Waals surface area contributed by atoms with Crippen LogP contribution >= 0.6 is 0 Å². The summed E-state index contributed by atoms with van der Waals surface area (Å²) in [4.78, 5) is 26.8. The molecule has 0 spiro atoms. The van der Waals surface area contributed by atoms with E-state index in [-0.39, 0.29) is 11.9 Å². The van der Waals surface area contributed by atoms with Gasteiger partial charge in [0, 0.05) is 26.1 Å². The van der Waals surface area contributed by atoms with Crippen molar-refractivity contribution in [2.75, 3.05) is 14.1 Å². The van der Waals surface area contributed by atoms with E-state index < -0.39 is 11.6 Å². The molecule has 5 nitrogen and oxygen atoms in total. The van der Waals surface area contributed by atoms with Gasteiger partial charge in [-0.3, -0.25) is 9.69 Å². The average molecular weight is 320 g/mol. The van der Waals surface area contributed by atoms with Crippen LogP contribution in [-0.4, -0.2) is 46.5 Å². The zero-order valence-electron chi connectivity index (χ0n) is 15.0. The summed E-state index contributed by atoms with van der Waals surface area (Å²) in [6, 6.07) is 7.48. The fourth-order valence-electron chi connectivity index (χ4n) is 2.69. The normalized spacial score (nSPS) is 12.6. The van der Waals surface area contributed by atoms with Crippen molar-refractivity contribution in [1.29, 1.82) is 0 Å². The molecule has 0 radical (unpaired) electrons. The summed E-state index contributed by atoms with van der Waals surface area (Å²) in [6.07, 6.45) is -0.198. The van der Waals surface area contributed by atoms with Crippen LogP contribution in [0.3, 0.4) is 0 Å². The Morgan fingerprint density at radius 1 is 1.22 bits per heavy atom. The molecule has 0 fully saturated rings. The fraction of sp³-hybridized carbons (Fsp3) is 0.556. The maximum atomic E-state index is 11.9. The second-order valence-electron chi connectivity index (χ2n) is 7.08. The van der Waals surface area contributed by atoms with Gasteiger partial charge < -0.3 is 10.0 Å². The van der Waals surface area contributed by atoms with Gasteiger partial charge in [-0.2, -0.15) is 0 Å². The van der Waals surface area contributed by atoms with Gasteiger partial charge in [0.2, 0.25) is 5.91 Å². The van der Waals surface area contributed by atoms with E-state index in [9.17, 15) is 14.7 Å². The third-order valence-electron chi connectivity index (χ3n) is 3.80. The molecule has 5 heteroatoms.